The van der Waals surface area contributed by atoms with Crippen LogP contribution in [0.15, 0.2) is 83.9 Å². The summed E-state index contributed by atoms with van der Waals surface area (Å²) in [4.78, 5) is 19.4. The average molecular weight is 361 g/mol. The van der Waals surface area contributed by atoms with Crippen molar-refractivity contribution in [3.05, 3.63) is 95.0 Å². The number of carbonyl (C=O) groups is 1. The lowest BCUT2D eigenvalue weighted by Crippen LogP contribution is -2.24. The molecule has 3 nitrogen and oxygen atoms in total. The molecule has 0 spiro atoms. The van der Waals surface area contributed by atoms with E-state index < -0.39 is 0 Å². The van der Waals surface area contributed by atoms with Crippen LogP contribution in [0, 0.1) is 0 Å². The Bertz CT molecular complexity index is 969. The van der Waals surface area contributed by atoms with E-state index in [9.17, 15) is 4.79 Å². The van der Waals surface area contributed by atoms with Crippen LogP contribution in [0.4, 0.5) is 11.4 Å². The molecular weight excluding hydrogens is 344 g/mol. The third-order valence-electron chi connectivity index (χ3n) is 4.44. The first kappa shape index (κ1) is 16.6. The number of carbonyl (C=O) groups excluding carboxylic acids is 1. The van der Waals surface area contributed by atoms with Gasteiger partial charge in [0.15, 0.2) is 0 Å². The van der Waals surface area contributed by atoms with Gasteiger partial charge in [-0.1, -0.05) is 66.2 Å². The van der Waals surface area contributed by atoms with E-state index in [1.165, 1.54) is 0 Å². The van der Waals surface area contributed by atoms with Crippen LogP contribution in [0.25, 0.3) is 0 Å². The topological polar surface area (TPSA) is 32.7 Å². The molecule has 0 aliphatic carbocycles. The van der Waals surface area contributed by atoms with Crippen molar-refractivity contribution in [2.24, 2.45) is 4.99 Å². The number of anilines is 2. The molecule has 26 heavy (non-hydrogen) atoms. The monoisotopic (exact) mass is 360 g/mol. The zero-order chi connectivity index (χ0) is 17.9. The summed E-state index contributed by atoms with van der Waals surface area (Å²) >= 11 is 6.12. The highest BCUT2D eigenvalue weighted by atomic mass is 35.5. The molecule has 1 amide bonds. The SMILES string of the molecule is O=C1C(C=NCc2ccccc2)c2ccccc2N1c1cccc(Cl)c1. The standard InChI is InChI=1S/C22H17ClN2O/c23-17-9-6-10-18(13-17)25-21-12-5-4-11-19(21)20(22(25)26)15-24-14-16-7-2-1-3-8-16/h1-13,15,20H,14H2. The highest BCUT2D eigenvalue weighted by molar-refractivity contribution is 6.31. The van der Waals surface area contributed by atoms with Crippen molar-refractivity contribution in [3.63, 3.8) is 0 Å². The molecule has 0 N–H and O–H groups in total. The van der Waals surface area contributed by atoms with Gasteiger partial charge in [0.25, 0.3) is 0 Å². The van der Waals surface area contributed by atoms with E-state index in [0.717, 1.165) is 22.5 Å². The van der Waals surface area contributed by atoms with Crippen molar-refractivity contribution >= 4 is 35.1 Å². The summed E-state index contributed by atoms with van der Waals surface area (Å²) in [6.07, 6.45) is 1.76. The molecule has 0 aromatic heterocycles. The molecule has 128 valence electrons. The van der Waals surface area contributed by atoms with E-state index in [0.29, 0.717) is 11.6 Å². The maximum absolute atomic E-state index is 13.1. The van der Waals surface area contributed by atoms with Crippen LogP contribution >= 0.6 is 11.6 Å². The second-order valence-electron chi connectivity index (χ2n) is 6.17. The molecule has 3 aromatic carbocycles. The van der Waals surface area contributed by atoms with Gasteiger partial charge in [-0.3, -0.25) is 14.7 Å². The Kier molecular flexibility index (Phi) is 4.55. The van der Waals surface area contributed by atoms with Gasteiger partial charge >= 0.3 is 0 Å². The predicted octanol–water partition coefficient (Wildman–Crippen LogP) is 5.37. The molecule has 0 fully saturated rings. The predicted molar refractivity (Wildman–Crippen MR) is 106 cm³/mol. The summed E-state index contributed by atoms with van der Waals surface area (Å²) in [5.41, 5.74) is 3.74. The molecule has 1 atom stereocenters. The minimum absolute atomic E-state index is 0.00900. The van der Waals surface area contributed by atoms with Crippen LogP contribution in [-0.2, 0) is 11.3 Å². The van der Waals surface area contributed by atoms with Crippen LogP contribution in [0.2, 0.25) is 5.02 Å². The number of para-hydroxylation sites is 1. The first-order valence-corrected chi connectivity index (χ1v) is 8.84. The number of hydrogen-bond acceptors (Lipinski definition) is 2. The second-order valence-corrected chi connectivity index (χ2v) is 6.60. The van der Waals surface area contributed by atoms with Crippen LogP contribution in [0.3, 0.4) is 0 Å². The van der Waals surface area contributed by atoms with Crippen LogP contribution in [0.1, 0.15) is 17.0 Å². The lowest BCUT2D eigenvalue weighted by Gasteiger charge is -2.18. The molecule has 0 radical (unpaired) electrons. The van der Waals surface area contributed by atoms with E-state index in [2.05, 4.69) is 4.99 Å². The molecule has 0 saturated carbocycles. The van der Waals surface area contributed by atoms with Crippen molar-refractivity contribution < 1.29 is 4.79 Å². The lowest BCUT2D eigenvalue weighted by molar-refractivity contribution is -0.117. The van der Waals surface area contributed by atoms with Gasteiger partial charge < -0.3 is 0 Å². The number of aliphatic imine (C=N–C) groups is 1. The molecule has 1 aliphatic heterocycles. The fourth-order valence-corrected chi connectivity index (χ4v) is 3.40. The van der Waals surface area contributed by atoms with Gasteiger partial charge in [0.05, 0.1) is 17.9 Å². The first-order valence-electron chi connectivity index (χ1n) is 8.46. The van der Waals surface area contributed by atoms with Crippen molar-refractivity contribution in [1.82, 2.24) is 0 Å². The third kappa shape index (κ3) is 3.14. The number of hydrogen-bond donors (Lipinski definition) is 0. The number of halogens is 1. The first-order chi connectivity index (χ1) is 12.7. The van der Waals surface area contributed by atoms with E-state index in [-0.39, 0.29) is 11.8 Å². The number of nitrogens with zero attached hydrogens (tertiary/aromatic N) is 2. The molecule has 4 rings (SSSR count). The van der Waals surface area contributed by atoms with Gasteiger partial charge in [-0.25, -0.2) is 0 Å². The van der Waals surface area contributed by atoms with Gasteiger partial charge in [-0.2, -0.15) is 0 Å². The number of amides is 1. The fraction of sp³-hybridized carbons (Fsp3) is 0.0909. The lowest BCUT2D eigenvalue weighted by atomic mass is 10.0. The fourth-order valence-electron chi connectivity index (χ4n) is 3.22. The second kappa shape index (κ2) is 7.14. The largest absolute Gasteiger partial charge is 0.292 e. The molecule has 4 heteroatoms. The van der Waals surface area contributed by atoms with Crippen LogP contribution in [0.5, 0.6) is 0 Å². The summed E-state index contributed by atoms with van der Waals surface area (Å²) in [6, 6.07) is 25.2. The van der Waals surface area contributed by atoms with Crippen molar-refractivity contribution in [2.75, 3.05) is 4.90 Å². The Hall–Kier alpha value is -2.91. The Morgan fingerprint density at radius 1 is 0.962 bits per heavy atom. The van der Waals surface area contributed by atoms with E-state index in [1.54, 1.807) is 23.2 Å². The van der Waals surface area contributed by atoms with E-state index in [4.69, 9.17) is 11.6 Å². The zero-order valence-corrected chi connectivity index (χ0v) is 14.8. The minimum atomic E-state index is -0.381. The van der Waals surface area contributed by atoms with Crippen LogP contribution < -0.4 is 4.90 Å². The summed E-state index contributed by atoms with van der Waals surface area (Å²) in [6.45, 7) is 0.559. The van der Waals surface area contributed by atoms with Gasteiger partial charge in [0.2, 0.25) is 5.91 Å². The highest BCUT2D eigenvalue weighted by Gasteiger charge is 2.36. The Morgan fingerprint density at radius 2 is 1.73 bits per heavy atom. The third-order valence-corrected chi connectivity index (χ3v) is 4.67. The van der Waals surface area contributed by atoms with E-state index in [1.807, 2.05) is 66.7 Å². The normalized spacial score (nSPS) is 16.3. The van der Waals surface area contributed by atoms with Crippen molar-refractivity contribution in [1.29, 1.82) is 0 Å². The summed E-state index contributed by atoms with van der Waals surface area (Å²) < 4.78 is 0. The molecule has 1 heterocycles. The molecule has 1 aliphatic rings. The number of fused-ring (bicyclic) bond motifs is 1. The van der Waals surface area contributed by atoms with Gasteiger partial charge in [0.1, 0.15) is 5.92 Å². The Labute approximate surface area is 157 Å². The quantitative estimate of drug-likeness (QED) is 0.575. The zero-order valence-electron chi connectivity index (χ0n) is 14.0. The van der Waals surface area contributed by atoms with Crippen molar-refractivity contribution in [3.8, 4) is 0 Å². The summed E-state index contributed by atoms with van der Waals surface area (Å²) in [7, 11) is 0. The van der Waals surface area contributed by atoms with Gasteiger partial charge in [-0.05, 0) is 35.4 Å². The minimum Gasteiger partial charge on any atom is -0.292 e. The maximum Gasteiger partial charge on any atom is 0.244 e. The molecule has 0 bridgehead atoms. The average Bonchev–Trinajstić information content (AvgIpc) is 2.94. The Balaban J connectivity index is 1.65. The highest BCUT2D eigenvalue weighted by Crippen LogP contribution is 2.41. The summed E-state index contributed by atoms with van der Waals surface area (Å²) in [5.74, 6) is -0.390. The maximum atomic E-state index is 13.1. The molecule has 0 saturated heterocycles. The van der Waals surface area contributed by atoms with Crippen LogP contribution in [-0.4, -0.2) is 12.1 Å². The molecular formula is C22H17ClN2O. The number of rotatable bonds is 4. The van der Waals surface area contributed by atoms with Gasteiger partial charge in [0, 0.05) is 11.2 Å². The van der Waals surface area contributed by atoms with E-state index >= 15 is 0 Å². The number of benzene rings is 3. The van der Waals surface area contributed by atoms with Crippen molar-refractivity contribution in [2.45, 2.75) is 12.5 Å². The molecule has 1 unspecified atom stereocenters. The Morgan fingerprint density at radius 3 is 2.54 bits per heavy atom. The molecule has 3 aromatic rings. The summed E-state index contributed by atoms with van der Waals surface area (Å²) in [5, 5.41) is 0.606. The smallest absolute Gasteiger partial charge is 0.244 e. The van der Waals surface area contributed by atoms with Gasteiger partial charge in [-0.15, -0.1) is 0 Å².